The van der Waals surface area contributed by atoms with E-state index in [9.17, 15) is 8.42 Å². The summed E-state index contributed by atoms with van der Waals surface area (Å²) in [4.78, 5) is 0.146. The van der Waals surface area contributed by atoms with Gasteiger partial charge in [-0.05, 0) is 57.0 Å². The molecule has 1 fully saturated rings. The van der Waals surface area contributed by atoms with Crippen LogP contribution in [-0.4, -0.2) is 27.5 Å². The van der Waals surface area contributed by atoms with Crippen molar-refractivity contribution < 1.29 is 8.42 Å². The van der Waals surface area contributed by atoms with Gasteiger partial charge in [0.1, 0.15) is 0 Å². The zero-order chi connectivity index (χ0) is 14.6. The fourth-order valence-electron chi connectivity index (χ4n) is 2.45. The van der Waals surface area contributed by atoms with Crippen LogP contribution in [0.25, 0.3) is 0 Å². The second-order valence-corrected chi connectivity index (χ2v) is 6.87. The molecule has 1 saturated heterocycles. The topological polar surface area (TPSA) is 82.0 Å². The van der Waals surface area contributed by atoms with E-state index in [0.29, 0.717) is 11.5 Å². The number of benzene rings is 1. The van der Waals surface area contributed by atoms with Crippen LogP contribution in [0.15, 0.2) is 29.2 Å². The van der Waals surface area contributed by atoms with Crippen LogP contribution in [0.2, 0.25) is 0 Å². The summed E-state index contributed by atoms with van der Waals surface area (Å²) in [6.07, 6.45) is 2.09. The highest BCUT2D eigenvalue weighted by Crippen LogP contribution is 2.17. The van der Waals surface area contributed by atoms with E-state index in [-0.39, 0.29) is 10.9 Å². The molecule has 5 nitrogen and oxygen atoms in total. The Balaban J connectivity index is 2.12. The van der Waals surface area contributed by atoms with Gasteiger partial charge in [0, 0.05) is 6.04 Å². The minimum Gasteiger partial charge on any atom is -0.316 e. The lowest BCUT2D eigenvalue weighted by atomic mass is 9.94. The van der Waals surface area contributed by atoms with Gasteiger partial charge < -0.3 is 5.32 Å². The maximum Gasteiger partial charge on any atom is 0.240 e. The van der Waals surface area contributed by atoms with Gasteiger partial charge in [-0.1, -0.05) is 6.07 Å². The first kappa shape index (κ1) is 15.0. The van der Waals surface area contributed by atoms with Gasteiger partial charge in [-0.2, -0.15) is 5.26 Å². The summed E-state index contributed by atoms with van der Waals surface area (Å²) in [5.74, 6) is 0.303. The zero-order valence-corrected chi connectivity index (χ0v) is 12.3. The number of sulfonamides is 1. The Bertz CT molecular complexity index is 601. The van der Waals surface area contributed by atoms with Gasteiger partial charge in [0.2, 0.25) is 10.0 Å². The second-order valence-electron chi connectivity index (χ2n) is 5.16. The molecule has 20 heavy (non-hydrogen) atoms. The molecule has 0 spiro atoms. The van der Waals surface area contributed by atoms with Crippen LogP contribution in [-0.2, 0) is 10.0 Å². The molecule has 108 valence electrons. The lowest BCUT2D eigenvalue weighted by molar-refractivity contribution is 0.320. The van der Waals surface area contributed by atoms with Crippen LogP contribution in [0.4, 0.5) is 0 Å². The molecule has 0 aromatic heterocycles. The predicted octanol–water partition coefficient (Wildman–Crippen LogP) is 1.22. The van der Waals surface area contributed by atoms with E-state index in [1.54, 1.807) is 12.1 Å². The molecular formula is C14H19N3O2S. The van der Waals surface area contributed by atoms with Crippen LogP contribution in [0.1, 0.15) is 25.3 Å². The standard InChI is InChI=1S/C14H19N3O2S/c1-11(13-5-3-7-16-10-13)17-20(18,19)14-6-2-4-12(8-14)9-15/h2,4,6,8,11,13,16-17H,3,5,7,10H2,1H3. The number of piperidine rings is 1. The van der Waals surface area contributed by atoms with E-state index in [1.807, 2.05) is 13.0 Å². The average Bonchev–Trinajstić information content (AvgIpc) is 2.48. The maximum absolute atomic E-state index is 12.3. The highest BCUT2D eigenvalue weighted by atomic mass is 32.2. The smallest absolute Gasteiger partial charge is 0.240 e. The second kappa shape index (κ2) is 6.35. The summed E-state index contributed by atoms with van der Waals surface area (Å²) in [7, 11) is -3.57. The Hall–Kier alpha value is -1.42. The average molecular weight is 293 g/mol. The van der Waals surface area contributed by atoms with Crippen LogP contribution in [0.5, 0.6) is 0 Å². The molecule has 6 heteroatoms. The summed E-state index contributed by atoms with van der Waals surface area (Å²) >= 11 is 0. The van der Waals surface area contributed by atoms with Crippen molar-refractivity contribution in [2.75, 3.05) is 13.1 Å². The third-order valence-corrected chi connectivity index (χ3v) is 5.21. The quantitative estimate of drug-likeness (QED) is 0.874. The summed E-state index contributed by atoms with van der Waals surface area (Å²) < 4.78 is 27.3. The fraction of sp³-hybridized carbons (Fsp3) is 0.500. The Morgan fingerprint density at radius 1 is 1.50 bits per heavy atom. The van der Waals surface area contributed by atoms with Gasteiger partial charge in [0.05, 0.1) is 16.5 Å². The molecule has 1 heterocycles. The van der Waals surface area contributed by atoms with E-state index in [2.05, 4.69) is 10.0 Å². The zero-order valence-electron chi connectivity index (χ0n) is 11.5. The number of hydrogen-bond acceptors (Lipinski definition) is 4. The first-order valence-corrected chi connectivity index (χ1v) is 8.24. The minimum absolute atomic E-state index is 0.126. The van der Waals surface area contributed by atoms with Crippen molar-refractivity contribution in [2.45, 2.75) is 30.7 Å². The third-order valence-electron chi connectivity index (χ3n) is 3.66. The normalized spacial score (nSPS) is 21.1. The van der Waals surface area contributed by atoms with E-state index in [1.165, 1.54) is 12.1 Å². The van der Waals surface area contributed by atoms with Gasteiger partial charge in [-0.25, -0.2) is 13.1 Å². The first-order valence-electron chi connectivity index (χ1n) is 6.76. The third kappa shape index (κ3) is 3.57. The monoisotopic (exact) mass is 293 g/mol. The molecule has 2 N–H and O–H groups in total. The Morgan fingerprint density at radius 3 is 2.95 bits per heavy atom. The SMILES string of the molecule is CC(NS(=O)(=O)c1cccc(C#N)c1)C1CCCNC1. The van der Waals surface area contributed by atoms with Crippen molar-refractivity contribution >= 4 is 10.0 Å². The van der Waals surface area contributed by atoms with E-state index in [0.717, 1.165) is 25.9 Å². The number of hydrogen-bond donors (Lipinski definition) is 2. The molecular weight excluding hydrogens is 274 g/mol. The molecule has 0 radical (unpaired) electrons. The van der Waals surface area contributed by atoms with Crippen LogP contribution in [0.3, 0.4) is 0 Å². The minimum atomic E-state index is -3.57. The predicted molar refractivity (Wildman–Crippen MR) is 76.5 cm³/mol. The molecule has 0 aliphatic carbocycles. The molecule has 1 aliphatic rings. The molecule has 2 rings (SSSR count). The van der Waals surface area contributed by atoms with Gasteiger partial charge in [-0.15, -0.1) is 0 Å². The molecule has 0 saturated carbocycles. The van der Waals surface area contributed by atoms with Crippen molar-refractivity contribution in [3.8, 4) is 6.07 Å². The van der Waals surface area contributed by atoms with Gasteiger partial charge in [-0.3, -0.25) is 0 Å². The van der Waals surface area contributed by atoms with E-state index in [4.69, 9.17) is 5.26 Å². The van der Waals surface area contributed by atoms with Crippen molar-refractivity contribution in [1.82, 2.24) is 10.0 Å². The molecule has 1 aliphatic heterocycles. The van der Waals surface area contributed by atoms with Crippen LogP contribution < -0.4 is 10.0 Å². The van der Waals surface area contributed by atoms with Crippen LogP contribution >= 0.6 is 0 Å². The van der Waals surface area contributed by atoms with Gasteiger partial charge >= 0.3 is 0 Å². The summed E-state index contributed by atoms with van der Waals surface area (Å²) in [6, 6.07) is 7.91. The molecule has 2 unspecified atom stereocenters. The van der Waals surface area contributed by atoms with Gasteiger partial charge in [0.25, 0.3) is 0 Å². The molecule has 2 atom stereocenters. The Morgan fingerprint density at radius 2 is 2.30 bits per heavy atom. The lowest BCUT2D eigenvalue weighted by Gasteiger charge is -2.28. The maximum atomic E-state index is 12.3. The van der Waals surface area contributed by atoms with E-state index >= 15 is 0 Å². The van der Waals surface area contributed by atoms with Crippen molar-refractivity contribution in [2.24, 2.45) is 5.92 Å². The first-order chi connectivity index (χ1) is 9.53. The Labute approximate surface area is 120 Å². The Kier molecular flexibility index (Phi) is 4.76. The summed E-state index contributed by atoms with van der Waals surface area (Å²) in [6.45, 7) is 3.73. The molecule has 0 bridgehead atoms. The number of rotatable bonds is 4. The number of nitriles is 1. The largest absolute Gasteiger partial charge is 0.316 e. The highest BCUT2D eigenvalue weighted by Gasteiger charge is 2.25. The van der Waals surface area contributed by atoms with Crippen molar-refractivity contribution in [3.05, 3.63) is 29.8 Å². The van der Waals surface area contributed by atoms with Gasteiger partial charge in [0.15, 0.2) is 0 Å². The summed E-state index contributed by atoms with van der Waals surface area (Å²) in [5, 5.41) is 12.1. The van der Waals surface area contributed by atoms with E-state index < -0.39 is 10.0 Å². The highest BCUT2D eigenvalue weighted by molar-refractivity contribution is 7.89. The molecule has 0 amide bonds. The van der Waals surface area contributed by atoms with Crippen molar-refractivity contribution in [1.29, 1.82) is 5.26 Å². The molecule has 1 aromatic rings. The fourth-order valence-corrected chi connectivity index (χ4v) is 3.81. The molecule has 1 aromatic carbocycles. The van der Waals surface area contributed by atoms with Crippen molar-refractivity contribution in [3.63, 3.8) is 0 Å². The number of nitrogens with zero attached hydrogens (tertiary/aromatic N) is 1. The van der Waals surface area contributed by atoms with Crippen LogP contribution in [0, 0.1) is 17.2 Å². The summed E-state index contributed by atoms with van der Waals surface area (Å²) in [5.41, 5.74) is 0.347. The lowest BCUT2D eigenvalue weighted by Crippen LogP contribution is -2.44. The number of nitrogens with one attached hydrogen (secondary N) is 2.